The van der Waals surface area contributed by atoms with Crippen LogP contribution in [0.3, 0.4) is 0 Å². The van der Waals surface area contributed by atoms with E-state index in [1.807, 2.05) is 48.5 Å². The molecule has 3 heterocycles. The molecule has 0 saturated heterocycles. The Morgan fingerprint density at radius 1 is 1.00 bits per heavy atom. The van der Waals surface area contributed by atoms with Crippen molar-refractivity contribution in [2.24, 2.45) is 0 Å². The second-order valence-electron chi connectivity index (χ2n) is 9.98. The van der Waals surface area contributed by atoms with Gasteiger partial charge in [0.15, 0.2) is 5.69 Å². The Morgan fingerprint density at radius 2 is 1.75 bits per heavy atom. The average molecular weight is 596 g/mol. The highest BCUT2D eigenvalue weighted by Gasteiger charge is 2.47. The molecule has 1 aromatic heterocycles. The van der Waals surface area contributed by atoms with Crippen LogP contribution in [0.5, 0.6) is 11.5 Å². The number of fused-ring (bicyclic) bond motifs is 5. The largest absolute Gasteiger partial charge is 0.488 e. The van der Waals surface area contributed by atoms with Crippen molar-refractivity contribution < 1.29 is 19.4 Å². The normalized spacial score (nSPS) is 15.9. The van der Waals surface area contributed by atoms with Gasteiger partial charge in [0.2, 0.25) is 0 Å². The third kappa shape index (κ3) is 4.44. The number of aromatic carboxylic acids is 1. The standard InChI is InChI=1S/C20H17Cl3O.C11H8N2O3/c1-2-15-19(14-6-4-12(21)10-17(14)23)24-18-11-13(22)5-7-16(18)20(15)8-3-9-20;14-11(15)10-7-5-16-8-4-2-1-3-6(8)9(7)12-13-10/h4-7,10-11H,2-3,8-9H2,1H3;1-4H,5H2,(H,12,13)(H,14,15). The maximum atomic E-state index is 10.9. The topological polar surface area (TPSA) is 84.4 Å². The van der Waals surface area contributed by atoms with E-state index in [2.05, 4.69) is 23.2 Å². The Bertz CT molecular complexity index is 1670. The number of carboxylic acid groups (broad SMARTS) is 1. The molecule has 0 unspecified atom stereocenters. The molecule has 40 heavy (non-hydrogen) atoms. The number of carbonyl (C=O) groups is 1. The van der Waals surface area contributed by atoms with Crippen molar-refractivity contribution in [3.8, 4) is 22.8 Å². The number of rotatable bonds is 3. The summed E-state index contributed by atoms with van der Waals surface area (Å²) in [6, 6.07) is 19.0. The van der Waals surface area contributed by atoms with Gasteiger partial charge < -0.3 is 14.6 Å². The number of ether oxygens (including phenoxy) is 2. The minimum atomic E-state index is -1.02. The van der Waals surface area contributed by atoms with Gasteiger partial charge in [-0.1, -0.05) is 66.3 Å². The molecule has 1 spiro atoms. The Kier molecular flexibility index (Phi) is 7.03. The molecule has 7 rings (SSSR count). The average Bonchev–Trinajstić information content (AvgIpc) is 3.36. The number of nitrogens with zero attached hydrogens (tertiary/aromatic N) is 1. The van der Waals surface area contributed by atoms with Gasteiger partial charge in [-0.2, -0.15) is 5.10 Å². The first-order valence-electron chi connectivity index (χ1n) is 13.0. The number of halogens is 3. The number of hydrogen-bond donors (Lipinski definition) is 2. The molecule has 0 bridgehead atoms. The molecular formula is C31H25Cl3N2O4. The van der Waals surface area contributed by atoms with Crippen LogP contribution in [0.25, 0.3) is 17.0 Å². The molecule has 2 N–H and O–H groups in total. The monoisotopic (exact) mass is 594 g/mol. The van der Waals surface area contributed by atoms with Gasteiger partial charge in [-0.05, 0) is 67.3 Å². The van der Waals surface area contributed by atoms with Gasteiger partial charge in [-0.15, -0.1) is 0 Å². The maximum Gasteiger partial charge on any atom is 0.354 e. The van der Waals surface area contributed by atoms with Crippen LogP contribution >= 0.6 is 34.8 Å². The molecule has 1 aliphatic carbocycles. The zero-order valence-electron chi connectivity index (χ0n) is 21.6. The third-order valence-corrected chi connectivity index (χ3v) is 8.64. The molecule has 1 fully saturated rings. The van der Waals surface area contributed by atoms with Gasteiger partial charge in [0.1, 0.15) is 29.6 Å². The molecule has 3 aromatic carbocycles. The van der Waals surface area contributed by atoms with Gasteiger partial charge in [-0.3, -0.25) is 5.10 Å². The van der Waals surface area contributed by atoms with E-state index >= 15 is 0 Å². The summed E-state index contributed by atoms with van der Waals surface area (Å²) in [7, 11) is 0. The summed E-state index contributed by atoms with van der Waals surface area (Å²) in [6.45, 7) is 2.42. The molecule has 2 aliphatic heterocycles. The smallest absolute Gasteiger partial charge is 0.354 e. The molecule has 0 radical (unpaired) electrons. The molecule has 0 atom stereocenters. The Hall–Kier alpha value is -3.45. The summed E-state index contributed by atoms with van der Waals surface area (Å²) in [5.41, 5.74) is 5.74. The first kappa shape index (κ1) is 26.8. The zero-order valence-corrected chi connectivity index (χ0v) is 23.8. The molecule has 6 nitrogen and oxygen atoms in total. The highest BCUT2D eigenvalue weighted by atomic mass is 35.5. The van der Waals surface area contributed by atoms with Crippen LogP contribution in [0.1, 0.15) is 59.8 Å². The zero-order chi connectivity index (χ0) is 28.0. The van der Waals surface area contributed by atoms with Crippen LogP contribution in [0.4, 0.5) is 0 Å². The number of benzene rings is 3. The van der Waals surface area contributed by atoms with Gasteiger partial charge in [0.05, 0.1) is 10.6 Å². The van der Waals surface area contributed by atoms with Crippen molar-refractivity contribution in [1.29, 1.82) is 0 Å². The van der Waals surface area contributed by atoms with E-state index in [1.54, 1.807) is 6.07 Å². The Balaban J connectivity index is 0.000000157. The molecular weight excluding hydrogens is 571 g/mol. The van der Waals surface area contributed by atoms with Gasteiger partial charge in [0, 0.05) is 32.2 Å². The quantitative estimate of drug-likeness (QED) is 0.247. The van der Waals surface area contributed by atoms with Crippen molar-refractivity contribution in [3.63, 3.8) is 0 Å². The minimum Gasteiger partial charge on any atom is -0.488 e. The van der Waals surface area contributed by atoms with E-state index in [-0.39, 0.29) is 17.7 Å². The number of hydrogen-bond acceptors (Lipinski definition) is 4. The summed E-state index contributed by atoms with van der Waals surface area (Å²) >= 11 is 18.7. The lowest BCUT2D eigenvalue weighted by Crippen LogP contribution is -2.39. The van der Waals surface area contributed by atoms with Crippen LogP contribution in [-0.2, 0) is 12.0 Å². The first-order chi connectivity index (χ1) is 19.3. The van der Waals surface area contributed by atoms with Crippen molar-refractivity contribution in [1.82, 2.24) is 10.2 Å². The summed E-state index contributed by atoms with van der Waals surface area (Å²) in [5, 5.41) is 17.4. The summed E-state index contributed by atoms with van der Waals surface area (Å²) in [4.78, 5) is 10.9. The van der Waals surface area contributed by atoms with Crippen molar-refractivity contribution in [2.45, 2.75) is 44.6 Å². The molecule has 9 heteroatoms. The SMILES string of the molecule is CCC1=C(c2ccc(Cl)cc2Cl)Oc2cc(Cl)ccc2C12CCC2.O=C(O)c1[nH]nc2c1COc1ccccc1-2. The number of allylic oxidation sites excluding steroid dienone is 1. The fourth-order valence-corrected chi connectivity index (χ4v) is 6.52. The molecule has 204 valence electrons. The van der Waals surface area contributed by atoms with E-state index < -0.39 is 5.97 Å². The van der Waals surface area contributed by atoms with E-state index in [4.69, 9.17) is 49.4 Å². The molecule has 4 aromatic rings. The lowest BCUT2D eigenvalue weighted by atomic mass is 9.58. The van der Waals surface area contributed by atoms with Crippen molar-refractivity contribution >= 4 is 46.5 Å². The fourth-order valence-electron chi connectivity index (χ4n) is 5.86. The van der Waals surface area contributed by atoms with Crippen LogP contribution in [0.2, 0.25) is 15.1 Å². The van der Waals surface area contributed by atoms with Gasteiger partial charge in [-0.25, -0.2) is 4.79 Å². The highest BCUT2D eigenvalue weighted by molar-refractivity contribution is 6.35. The molecule has 0 amide bonds. The van der Waals surface area contributed by atoms with Crippen molar-refractivity contribution in [2.75, 3.05) is 0 Å². The Labute approximate surface area is 246 Å². The fraction of sp³-hybridized carbons (Fsp3) is 0.226. The number of nitrogens with one attached hydrogen (secondary N) is 1. The second-order valence-corrected chi connectivity index (χ2v) is 11.3. The Morgan fingerprint density at radius 3 is 2.45 bits per heavy atom. The third-order valence-electron chi connectivity index (χ3n) is 7.85. The maximum absolute atomic E-state index is 10.9. The lowest BCUT2D eigenvalue weighted by Gasteiger charge is -2.48. The van der Waals surface area contributed by atoms with Gasteiger partial charge in [0.25, 0.3) is 0 Å². The highest BCUT2D eigenvalue weighted by Crippen LogP contribution is 2.58. The van der Waals surface area contributed by atoms with E-state index in [9.17, 15) is 4.79 Å². The molecule has 3 aliphatic rings. The van der Waals surface area contributed by atoms with E-state index in [0.29, 0.717) is 26.3 Å². The van der Waals surface area contributed by atoms with Crippen LogP contribution in [0.15, 0.2) is 66.2 Å². The van der Waals surface area contributed by atoms with E-state index in [1.165, 1.54) is 17.6 Å². The van der Waals surface area contributed by atoms with Crippen LogP contribution < -0.4 is 9.47 Å². The predicted molar refractivity (Wildman–Crippen MR) is 157 cm³/mol. The van der Waals surface area contributed by atoms with Crippen molar-refractivity contribution in [3.05, 3.63) is 104 Å². The summed E-state index contributed by atoms with van der Waals surface area (Å²) in [6.07, 6.45) is 4.44. The molecule has 1 saturated carbocycles. The van der Waals surface area contributed by atoms with Crippen LogP contribution in [-0.4, -0.2) is 21.3 Å². The number of H-pyrrole nitrogens is 1. The predicted octanol–water partition coefficient (Wildman–Crippen LogP) is 8.95. The number of para-hydroxylation sites is 1. The lowest BCUT2D eigenvalue weighted by molar-refractivity contribution is 0.0687. The van der Waals surface area contributed by atoms with E-state index in [0.717, 1.165) is 47.6 Å². The number of aromatic amines is 1. The van der Waals surface area contributed by atoms with Gasteiger partial charge >= 0.3 is 5.97 Å². The summed E-state index contributed by atoms with van der Waals surface area (Å²) < 4.78 is 11.8. The number of aromatic nitrogens is 2. The summed E-state index contributed by atoms with van der Waals surface area (Å²) in [5.74, 6) is 1.43. The minimum absolute atomic E-state index is 0.0607. The second kappa shape index (κ2) is 10.5. The van der Waals surface area contributed by atoms with Crippen LogP contribution in [0, 0.1) is 0 Å². The number of carboxylic acids is 1. The first-order valence-corrected chi connectivity index (χ1v) is 14.2.